The van der Waals surface area contributed by atoms with Crippen LogP contribution >= 0.6 is 0 Å². The Balaban J connectivity index is 2.05. The van der Waals surface area contributed by atoms with E-state index in [2.05, 4.69) is 15.5 Å². The van der Waals surface area contributed by atoms with Crippen molar-refractivity contribution >= 4 is 5.91 Å². The van der Waals surface area contributed by atoms with Gasteiger partial charge in [-0.25, -0.2) is 0 Å². The Hall–Kier alpha value is -2.70. The first-order valence-corrected chi connectivity index (χ1v) is 5.12. The molecule has 0 saturated carbocycles. The lowest BCUT2D eigenvalue weighted by Gasteiger charge is -2.04. The van der Waals surface area contributed by atoms with Crippen LogP contribution in [0.2, 0.25) is 0 Å². The molecule has 7 heteroatoms. The lowest BCUT2D eigenvalue weighted by Crippen LogP contribution is -2.22. The number of rotatable bonds is 3. The van der Waals surface area contributed by atoms with E-state index in [1.54, 1.807) is 0 Å². The monoisotopic (exact) mass is 249 g/mol. The van der Waals surface area contributed by atoms with Crippen LogP contribution in [0, 0.1) is 0 Å². The van der Waals surface area contributed by atoms with Gasteiger partial charge >= 0.3 is 0 Å². The van der Waals surface area contributed by atoms with E-state index in [9.17, 15) is 19.8 Å². The van der Waals surface area contributed by atoms with Gasteiger partial charge in [0.15, 0.2) is 0 Å². The molecule has 0 spiro atoms. The molecule has 0 aliphatic rings. The lowest BCUT2D eigenvalue weighted by molar-refractivity contribution is 0.0949. The number of aromatic amines is 2. The zero-order chi connectivity index (χ0) is 13.1. The molecule has 0 bridgehead atoms. The van der Waals surface area contributed by atoms with Crippen molar-refractivity contribution in [3.05, 3.63) is 45.9 Å². The number of phenols is 2. The van der Waals surface area contributed by atoms with E-state index in [4.69, 9.17) is 0 Å². The zero-order valence-electron chi connectivity index (χ0n) is 9.23. The molecule has 1 heterocycles. The largest absolute Gasteiger partial charge is 0.508 e. The number of H-pyrrole nitrogens is 2. The molecule has 7 nitrogen and oxygen atoms in total. The lowest BCUT2D eigenvalue weighted by atomic mass is 10.2. The normalized spacial score (nSPS) is 10.2. The van der Waals surface area contributed by atoms with Crippen molar-refractivity contribution in [3.8, 4) is 11.5 Å². The molecule has 0 saturated heterocycles. The molecular formula is C11H11N3O4. The van der Waals surface area contributed by atoms with Crippen LogP contribution in [0.5, 0.6) is 11.5 Å². The third-order valence-corrected chi connectivity index (χ3v) is 2.26. The molecular weight excluding hydrogens is 238 g/mol. The van der Waals surface area contributed by atoms with E-state index in [0.717, 1.165) is 6.07 Å². The quantitative estimate of drug-likeness (QED) is 0.528. The highest BCUT2D eigenvalue weighted by Crippen LogP contribution is 2.20. The summed E-state index contributed by atoms with van der Waals surface area (Å²) in [6, 6.07) is 4.91. The Kier molecular flexibility index (Phi) is 3.05. The Labute approximate surface area is 101 Å². The number of aromatic nitrogens is 2. The Morgan fingerprint density at radius 1 is 1.11 bits per heavy atom. The number of benzene rings is 1. The van der Waals surface area contributed by atoms with Crippen molar-refractivity contribution in [1.29, 1.82) is 0 Å². The summed E-state index contributed by atoms with van der Waals surface area (Å²) in [7, 11) is 0. The highest BCUT2D eigenvalue weighted by atomic mass is 16.3. The van der Waals surface area contributed by atoms with E-state index in [-0.39, 0.29) is 29.2 Å². The van der Waals surface area contributed by atoms with Gasteiger partial charge in [-0.05, 0) is 12.1 Å². The molecule has 0 atom stereocenters. The minimum Gasteiger partial charge on any atom is -0.508 e. The van der Waals surface area contributed by atoms with Crippen LogP contribution in [0.15, 0.2) is 29.1 Å². The SMILES string of the molecule is O=C(NCc1cc(=O)[nH][nH]1)c1cc(O)cc(O)c1. The first kappa shape index (κ1) is 11.8. The zero-order valence-corrected chi connectivity index (χ0v) is 9.23. The second-order valence-corrected chi connectivity index (χ2v) is 3.70. The van der Waals surface area contributed by atoms with Crippen molar-refractivity contribution < 1.29 is 15.0 Å². The summed E-state index contributed by atoms with van der Waals surface area (Å²) < 4.78 is 0. The molecule has 2 rings (SSSR count). The molecule has 18 heavy (non-hydrogen) atoms. The number of phenolic OH excluding ortho intramolecular Hbond substituents is 2. The summed E-state index contributed by atoms with van der Waals surface area (Å²) in [5, 5.41) is 25.9. The topological polar surface area (TPSA) is 118 Å². The van der Waals surface area contributed by atoms with Crippen LogP contribution in [0.25, 0.3) is 0 Å². The molecule has 94 valence electrons. The van der Waals surface area contributed by atoms with Crippen molar-refractivity contribution in [2.24, 2.45) is 0 Å². The molecule has 0 radical (unpaired) electrons. The van der Waals surface area contributed by atoms with Crippen LogP contribution < -0.4 is 10.9 Å². The summed E-state index contributed by atoms with van der Waals surface area (Å²) >= 11 is 0. The molecule has 1 aromatic carbocycles. The Morgan fingerprint density at radius 3 is 2.33 bits per heavy atom. The van der Waals surface area contributed by atoms with Crippen LogP contribution in [-0.2, 0) is 6.54 Å². The molecule has 0 aliphatic carbocycles. The smallest absolute Gasteiger partial charge is 0.264 e. The molecule has 0 fully saturated rings. The van der Waals surface area contributed by atoms with Crippen molar-refractivity contribution in [3.63, 3.8) is 0 Å². The highest BCUT2D eigenvalue weighted by Gasteiger charge is 2.08. The van der Waals surface area contributed by atoms with Gasteiger partial charge in [-0.15, -0.1) is 0 Å². The van der Waals surface area contributed by atoms with E-state index >= 15 is 0 Å². The van der Waals surface area contributed by atoms with Gasteiger partial charge in [-0.1, -0.05) is 0 Å². The first-order chi connectivity index (χ1) is 8.54. The predicted molar refractivity (Wildman–Crippen MR) is 62.4 cm³/mol. The summed E-state index contributed by atoms with van der Waals surface area (Å²) in [6.45, 7) is 0.133. The van der Waals surface area contributed by atoms with Gasteiger partial charge in [0.05, 0.1) is 12.2 Å². The van der Waals surface area contributed by atoms with Crippen molar-refractivity contribution in [2.75, 3.05) is 0 Å². The van der Waals surface area contributed by atoms with Crippen LogP contribution in [-0.4, -0.2) is 26.3 Å². The van der Waals surface area contributed by atoms with Gasteiger partial charge in [0.1, 0.15) is 11.5 Å². The third-order valence-electron chi connectivity index (χ3n) is 2.26. The number of nitrogens with one attached hydrogen (secondary N) is 3. The van der Waals surface area contributed by atoms with Gasteiger partial charge in [-0.3, -0.25) is 14.7 Å². The van der Waals surface area contributed by atoms with E-state index < -0.39 is 5.91 Å². The number of aromatic hydroxyl groups is 2. The van der Waals surface area contributed by atoms with Crippen molar-refractivity contribution in [2.45, 2.75) is 6.54 Å². The molecule has 0 unspecified atom stereocenters. The standard InChI is InChI=1S/C11H11N3O4/c15-8-1-6(2-9(16)4-8)11(18)12-5-7-3-10(17)14-13-7/h1-4,15-16H,5H2,(H,12,18)(H2,13,14,17). The molecule has 5 N–H and O–H groups in total. The number of hydrogen-bond donors (Lipinski definition) is 5. The fraction of sp³-hybridized carbons (Fsp3) is 0.0909. The molecule has 1 amide bonds. The summed E-state index contributed by atoms with van der Waals surface area (Å²) in [5.41, 5.74) is 0.373. The van der Waals surface area contributed by atoms with Crippen LogP contribution in [0.4, 0.5) is 0 Å². The van der Waals surface area contributed by atoms with Crippen LogP contribution in [0.1, 0.15) is 16.1 Å². The van der Waals surface area contributed by atoms with E-state index in [0.29, 0.717) is 5.69 Å². The van der Waals surface area contributed by atoms with Gasteiger partial charge < -0.3 is 20.6 Å². The maximum atomic E-state index is 11.7. The Morgan fingerprint density at radius 2 is 1.78 bits per heavy atom. The van der Waals surface area contributed by atoms with Gasteiger partial charge in [0, 0.05) is 17.7 Å². The van der Waals surface area contributed by atoms with Crippen molar-refractivity contribution in [1.82, 2.24) is 15.5 Å². The third kappa shape index (κ3) is 2.70. The highest BCUT2D eigenvalue weighted by molar-refractivity contribution is 5.94. The average molecular weight is 249 g/mol. The number of amides is 1. The second-order valence-electron chi connectivity index (χ2n) is 3.70. The summed E-state index contributed by atoms with van der Waals surface area (Å²) in [6.07, 6.45) is 0. The molecule has 1 aromatic heterocycles. The van der Waals surface area contributed by atoms with Gasteiger partial charge in [0.2, 0.25) is 0 Å². The van der Waals surface area contributed by atoms with Gasteiger partial charge in [-0.2, -0.15) is 0 Å². The number of carbonyl (C=O) groups excluding carboxylic acids is 1. The van der Waals surface area contributed by atoms with E-state index in [1.165, 1.54) is 18.2 Å². The predicted octanol–water partition coefficient (Wildman–Crippen LogP) is 0.0442. The number of hydrogen-bond acceptors (Lipinski definition) is 4. The maximum absolute atomic E-state index is 11.7. The summed E-state index contributed by atoms with van der Waals surface area (Å²) in [5.74, 6) is -0.867. The second kappa shape index (κ2) is 4.66. The summed E-state index contributed by atoms with van der Waals surface area (Å²) in [4.78, 5) is 22.5. The molecule has 0 aliphatic heterocycles. The average Bonchev–Trinajstić information content (AvgIpc) is 2.70. The van der Waals surface area contributed by atoms with E-state index in [1.807, 2.05) is 0 Å². The first-order valence-electron chi connectivity index (χ1n) is 5.12. The fourth-order valence-electron chi connectivity index (χ4n) is 1.47. The fourth-order valence-corrected chi connectivity index (χ4v) is 1.47. The molecule has 2 aromatic rings. The Bertz CT molecular complexity index is 609. The minimum atomic E-state index is -0.469. The maximum Gasteiger partial charge on any atom is 0.264 e. The van der Waals surface area contributed by atoms with Gasteiger partial charge in [0.25, 0.3) is 11.5 Å². The van der Waals surface area contributed by atoms with Crippen LogP contribution in [0.3, 0.4) is 0 Å². The number of carbonyl (C=O) groups is 1. The minimum absolute atomic E-state index is 0.130.